The van der Waals surface area contributed by atoms with Crippen molar-refractivity contribution in [3.63, 3.8) is 0 Å². The van der Waals surface area contributed by atoms with E-state index in [0.717, 1.165) is 22.3 Å². The molecule has 5 nitrogen and oxygen atoms in total. The summed E-state index contributed by atoms with van der Waals surface area (Å²) in [5.41, 5.74) is 2.93. The van der Waals surface area contributed by atoms with Gasteiger partial charge in [0, 0.05) is 34.0 Å². The van der Waals surface area contributed by atoms with Crippen LogP contribution >= 0.6 is 28.1 Å². The van der Waals surface area contributed by atoms with E-state index in [9.17, 15) is 4.79 Å². The van der Waals surface area contributed by atoms with Crippen molar-refractivity contribution in [2.75, 3.05) is 16.8 Å². The van der Waals surface area contributed by atoms with E-state index in [1.165, 1.54) is 24.9 Å². The van der Waals surface area contributed by atoms with E-state index < -0.39 is 0 Å². The van der Waals surface area contributed by atoms with Crippen LogP contribution in [-0.4, -0.2) is 23.6 Å². The van der Waals surface area contributed by atoms with Crippen molar-refractivity contribution in [2.45, 2.75) is 32.2 Å². The number of anilines is 2. The molecule has 1 fully saturated rings. The first-order chi connectivity index (χ1) is 15.0. The Morgan fingerprint density at radius 1 is 1.06 bits per heavy atom. The highest BCUT2D eigenvalue weighted by Crippen LogP contribution is 2.26. The average molecular weight is 498 g/mol. The maximum Gasteiger partial charge on any atom is 0.293 e. The molecule has 1 aliphatic heterocycles. The van der Waals surface area contributed by atoms with Crippen LogP contribution in [0.2, 0.25) is 0 Å². The van der Waals surface area contributed by atoms with E-state index >= 15 is 0 Å². The summed E-state index contributed by atoms with van der Waals surface area (Å²) < 4.78 is 6.68. The Labute approximate surface area is 196 Å². The van der Waals surface area contributed by atoms with Gasteiger partial charge < -0.3 is 14.6 Å². The normalized spacial score (nSPS) is 16.1. The largest absolute Gasteiger partial charge is 0.451 e. The number of hydrogen-bond donors (Lipinski definition) is 2. The highest BCUT2D eigenvalue weighted by atomic mass is 79.9. The van der Waals surface area contributed by atoms with Crippen LogP contribution in [0.1, 0.15) is 36.7 Å². The van der Waals surface area contributed by atoms with E-state index in [1.807, 2.05) is 36.4 Å². The molecule has 7 heteroatoms. The van der Waals surface area contributed by atoms with Crippen LogP contribution in [0.4, 0.5) is 11.4 Å². The molecule has 3 aromatic rings. The molecule has 1 atom stereocenters. The summed E-state index contributed by atoms with van der Waals surface area (Å²) in [7, 11) is 0. The minimum atomic E-state index is -0.389. The van der Waals surface area contributed by atoms with Gasteiger partial charge in [-0.05, 0) is 86.9 Å². The molecule has 1 aromatic heterocycles. The number of nitrogens with zero attached hydrogens (tertiary/aromatic N) is 1. The van der Waals surface area contributed by atoms with Crippen LogP contribution in [0.15, 0.2) is 69.6 Å². The number of amides is 1. The van der Waals surface area contributed by atoms with Crippen molar-refractivity contribution in [1.29, 1.82) is 0 Å². The van der Waals surface area contributed by atoms with Gasteiger partial charge in [0.1, 0.15) is 5.76 Å². The van der Waals surface area contributed by atoms with Crippen LogP contribution < -0.4 is 15.5 Å². The number of nitrogens with one attached hydrogen (secondary N) is 2. The Hall–Kier alpha value is -2.64. The lowest BCUT2D eigenvalue weighted by Gasteiger charge is -2.35. The fraction of sp³-hybridized carbons (Fsp3) is 0.250. The number of rotatable bonds is 4. The van der Waals surface area contributed by atoms with Crippen LogP contribution in [-0.2, 0) is 0 Å². The van der Waals surface area contributed by atoms with E-state index in [2.05, 4.69) is 50.5 Å². The Bertz CT molecular complexity index is 1060. The molecular weight excluding hydrogens is 474 g/mol. The van der Waals surface area contributed by atoms with Crippen molar-refractivity contribution in [3.8, 4) is 11.3 Å². The molecule has 0 aliphatic carbocycles. The molecule has 0 saturated carbocycles. The summed E-state index contributed by atoms with van der Waals surface area (Å²) >= 11 is 8.71. The zero-order chi connectivity index (χ0) is 21.8. The topological polar surface area (TPSA) is 57.5 Å². The molecule has 1 saturated heterocycles. The van der Waals surface area contributed by atoms with E-state index in [0.29, 0.717) is 11.8 Å². The fourth-order valence-electron chi connectivity index (χ4n) is 3.77. The molecule has 2 N–H and O–H groups in total. The number of halogens is 1. The van der Waals surface area contributed by atoms with E-state index in [4.69, 9.17) is 16.6 Å². The molecule has 160 valence electrons. The molecule has 0 spiro atoms. The Morgan fingerprint density at radius 2 is 1.81 bits per heavy atom. The lowest BCUT2D eigenvalue weighted by atomic mass is 10.0. The quantitative estimate of drug-likeness (QED) is 0.419. The summed E-state index contributed by atoms with van der Waals surface area (Å²) in [5, 5.41) is 5.96. The molecule has 1 aliphatic rings. The summed E-state index contributed by atoms with van der Waals surface area (Å²) in [5.74, 6) is 0.440. The van der Waals surface area contributed by atoms with Crippen LogP contribution in [0.5, 0.6) is 0 Å². The second-order valence-corrected chi connectivity index (χ2v) is 8.99. The molecule has 1 amide bonds. The number of furan rings is 1. The summed E-state index contributed by atoms with van der Waals surface area (Å²) in [6.45, 7) is 3.36. The average Bonchev–Trinajstić information content (AvgIpc) is 3.26. The third-order valence-electron chi connectivity index (χ3n) is 5.45. The van der Waals surface area contributed by atoms with Crippen molar-refractivity contribution in [2.24, 2.45) is 0 Å². The minimum Gasteiger partial charge on any atom is -0.451 e. The monoisotopic (exact) mass is 497 g/mol. The predicted octanol–water partition coefficient (Wildman–Crippen LogP) is 6.21. The first-order valence-corrected chi connectivity index (χ1v) is 11.5. The zero-order valence-electron chi connectivity index (χ0n) is 17.2. The first kappa shape index (κ1) is 21.6. The molecule has 4 rings (SSSR count). The van der Waals surface area contributed by atoms with Gasteiger partial charge in [-0.25, -0.2) is 0 Å². The van der Waals surface area contributed by atoms with Crippen molar-refractivity contribution >= 4 is 50.5 Å². The Kier molecular flexibility index (Phi) is 6.73. The summed E-state index contributed by atoms with van der Waals surface area (Å²) in [6, 6.07) is 19.8. The molecule has 0 bridgehead atoms. The summed E-state index contributed by atoms with van der Waals surface area (Å²) in [4.78, 5) is 14.9. The van der Waals surface area contributed by atoms with E-state index in [-0.39, 0.29) is 16.8 Å². The number of hydrogen-bond acceptors (Lipinski definition) is 4. The van der Waals surface area contributed by atoms with Crippen LogP contribution in [0.3, 0.4) is 0 Å². The second-order valence-electron chi connectivity index (χ2n) is 7.66. The lowest BCUT2D eigenvalue weighted by molar-refractivity contribution is 0.0951. The van der Waals surface area contributed by atoms with Gasteiger partial charge in [0.25, 0.3) is 5.91 Å². The number of piperidine rings is 1. The van der Waals surface area contributed by atoms with Gasteiger partial charge in [0.15, 0.2) is 10.9 Å². The number of carbonyl (C=O) groups excluding carboxylic acids is 1. The molecule has 0 unspecified atom stereocenters. The lowest BCUT2D eigenvalue weighted by Crippen LogP contribution is -2.37. The SMILES string of the molecule is C[C@@H]1CCCCN1c1ccc(NC(=S)NC(=O)c2ccc(-c3ccc(Br)cc3)o2)cc1. The van der Waals surface area contributed by atoms with Crippen molar-refractivity contribution in [3.05, 3.63) is 70.9 Å². The third-order valence-corrected chi connectivity index (χ3v) is 6.18. The third kappa shape index (κ3) is 5.35. The van der Waals surface area contributed by atoms with Crippen molar-refractivity contribution < 1.29 is 9.21 Å². The number of benzene rings is 2. The Balaban J connectivity index is 1.34. The van der Waals surface area contributed by atoms with Gasteiger partial charge in [0.2, 0.25) is 0 Å². The highest BCUT2D eigenvalue weighted by molar-refractivity contribution is 9.10. The smallest absolute Gasteiger partial charge is 0.293 e. The van der Waals surface area contributed by atoms with Gasteiger partial charge in [-0.1, -0.05) is 28.1 Å². The van der Waals surface area contributed by atoms with Gasteiger partial charge in [-0.2, -0.15) is 0 Å². The maximum atomic E-state index is 12.5. The van der Waals surface area contributed by atoms with Crippen LogP contribution in [0.25, 0.3) is 11.3 Å². The highest BCUT2D eigenvalue weighted by Gasteiger charge is 2.18. The van der Waals surface area contributed by atoms with Crippen molar-refractivity contribution in [1.82, 2.24) is 5.32 Å². The molecule has 0 radical (unpaired) electrons. The zero-order valence-corrected chi connectivity index (χ0v) is 19.6. The second kappa shape index (κ2) is 9.66. The van der Waals surface area contributed by atoms with Gasteiger partial charge in [-0.3, -0.25) is 10.1 Å². The fourth-order valence-corrected chi connectivity index (χ4v) is 4.25. The van der Waals surface area contributed by atoms with Gasteiger partial charge in [-0.15, -0.1) is 0 Å². The van der Waals surface area contributed by atoms with E-state index in [1.54, 1.807) is 12.1 Å². The Morgan fingerprint density at radius 3 is 2.52 bits per heavy atom. The molecule has 2 heterocycles. The minimum absolute atomic E-state index is 0.205. The first-order valence-electron chi connectivity index (χ1n) is 10.3. The molecular formula is C24H24BrN3O2S. The van der Waals surface area contributed by atoms with Gasteiger partial charge >= 0.3 is 0 Å². The standard InChI is InChI=1S/C24H24BrN3O2S/c1-16-4-2-3-15-28(16)20-11-9-19(10-12-20)26-24(31)27-23(29)22-14-13-21(30-22)17-5-7-18(25)8-6-17/h5-14,16H,2-4,15H2,1H3,(H2,26,27,29,31)/t16-/m1/s1. The van der Waals surface area contributed by atoms with Gasteiger partial charge in [0.05, 0.1) is 0 Å². The number of thiocarbonyl (C=S) groups is 1. The summed E-state index contributed by atoms with van der Waals surface area (Å²) in [6.07, 6.45) is 3.76. The van der Waals surface area contributed by atoms with Crippen LogP contribution in [0, 0.1) is 0 Å². The molecule has 31 heavy (non-hydrogen) atoms. The predicted molar refractivity (Wildman–Crippen MR) is 133 cm³/mol. The maximum absolute atomic E-state index is 12.5. The number of carbonyl (C=O) groups is 1. The molecule has 2 aromatic carbocycles.